The number of anilines is 1. The Labute approximate surface area is 136 Å². The molecule has 1 N–H and O–H groups in total. The van der Waals surface area contributed by atoms with Crippen LogP contribution >= 0.6 is 0 Å². The number of amides is 1. The number of piperazine rings is 1. The molecule has 0 saturated carbocycles. The molecule has 1 aliphatic rings. The molecule has 128 valence electrons. The highest BCUT2D eigenvalue weighted by Gasteiger charge is 2.32. The third-order valence-electron chi connectivity index (χ3n) is 4.06. The Morgan fingerprint density at radius 1 is 1.21 bits per heavy atom. The number of benzene rings is 1. The number of nitrogens with zero attached hydrogens (tertiary/aromatic N) is 4. The van der Waals surface area contributed by atoms with Crippen LogP contribution in [0.2, 0.25) is 0 Å². The Morgan fingerprint density at radius 2 is 1.92 bits per heavy atom. The van der Waals surface area contributed by atoms with Crippen molar-refractivity contribution in [3.8, 4) is 0 Å². The van der Waals surface area contributed by atoms with Crippen molar-refractivity contribution in [3.05, 3.63) is 41.2 Å². The minimum absolute atomic E-state index is 0.0953. The van der Waals surface area contributed by atoms with E-state index in [1.807, 2.05) is 4.90 Å². The van der Waals surface area contributed by atoms with Gasteiger partial charge in [0.25, 0.3) is 5.91 Å². The summed E-state index contributed by atoms with van der Waals surface area (Å²) in [5, 5.41) is 6.53. The van der Waals surface area contributed by atoms with Gasteiger partial charge in [0.05, 0.1) is 5.56 Å². The van der Waals surface area contributed by atoms with Crippen LogP contribution < -0.4 is 4.90 Å². The molecule has 9 heteroatoms. The van der Waals surface area contributed by atoms with Gasteiger partial charge in [-0.25, -0.2) is 5.10 Å². The predicted octanol–water partition coefficient (Wildman–Crippen LogP) is 2.09. The Balaban J connectivity index is 1.74. The standard InChI is InChI=1S/C15H16F3N5O/c1-10-2-3-11(15(16,17)18)8-12(10)13(24)22-4-6-23(7-5-22)14-19-9-20-21-14/h2-3,8-9H,4-7H2,1H3,(H,19,20,21). The van der Waals surface area contributed by atoms with Gasteiger partial charge in [-0.2, -0.15) is 23.3 Å². The summed E-state index contributed by atoms with van der Waals surface area (Å²) >= 11 is 0. The number of hydrogen-bond donors (Lipinski definition) is 1. The van der Waals surface area contributed by atoms with Gasteiger partial charge in [0.15, 0.2) is 0 Å². The summed E-state index contributed by atoms with van der Waals surface area (Å²) in [6, 6.07) is 3.26. The van der Waals surface area contributed by atoms with Gasteiger partial charge in [0.2, 0.25) is 5.95 Å². The summed E-state index contributed by atoms with van der Waals surface area (Å²) in [5.74, 6) is 0.244. The summed E-state index contributed by atoms with van der Waals surface area (Å²) in [6.45, 7) is 3.54. The summed E-state index contributed by atoms with van der Waals surface area (Å²) in [7, 11) is 0. The van der Waals surface area contributed by atoms with Crippen molar-refractivity contribution in [1.82, 2.24) is 20.1 Å². The lowest BCUT2D eigenvalue weighted by molar-refractivity contribution is -0.137. The van der Waals surface area contributed by atoms with E-state index in [-0.39, 0.29) is 11.5 Å². The second-order valence-corrected chi connectivity index (χ2v) is 5.62. The zero-order valence-electron chi connectivity index (χ0n) is 13.0. The highest BCUT2D eigenvalue weighted by molar-refractivity contribution is 5.96. The van der Waals surface area contributed by atoms with Crippen LogP contribution in [0.15, 0.2) is 24.5 Å². The number of rotatable bonds is 2. The van der Waals surface area contributed by atoms with E-state index in [4.69, 9.17) is 0 Å². The number of H-pyrrole nitrogens is 1. The lowest BCUT2D eigenvalue weighted by Crippen LogP contribution is -2.49. The lowest BCUT2D eigenvalue weighted by atomic mass is 10.0. The Hall–Kier alpha value is -2.58. The highest BCUT2D eigenvalue weighted by atomic mass is 19.4. The number of carbonyl (C=O) groups is 1. The van der Waals surface area contributed by atoms with Gasteiger partial charge in [0, 0.05) is 31.7 Å². The molecule has 0 atom stereocenters. The number of carbonyl (C=O) groups excluding carboxylic acids is 1. The molecule has 1 aliphatic heterocycles. The van der Waals surface area contributed by atoms with Crippen molar-refractivity contribution >= 4 is 11.9 Å². The zero-order chi connectivity index (χ0) is 17.3. The largest absolute Gasteiger partial charge is 0.416 e. The molecule has 2 aromatic rings. The van der Waals surface area contributed by atoms with E-state index >= 15 is 0 Å². The van der Waals surface area contributed by atoms with E-state index in [2.05, 4.69) is 15.2 Å². The first kappa shape index (κ1) is 16.3. The third kappa shape index (κ3) is 3.19. The van der Waals surface area contributed by atoms with Gasteiger partial charge in [-0.05, 0) is 24.6 Å². The molecular weight excluding hydrogens is 323 g/mol. The number of hydrogen-bond acceptors (Lipinski definition) is 4. The maximum absolute atomic E-state index is 12.9. The van der Waals surface area contributed by atoms with Crippen molar-refractivity contribution in [3.63, 3.8) is 0 Å². The first-order chi connectivity index (χ1) is 11.4. The zero-order valence-corrected chi connectivity index (χ0v) is 13.0. The van der Waals surface area contributed by atoms with Crippen LogP contribution in [0.1, 0.15) is 21.5 Å². The Morgan fingerprint density at radius 3 is 2.50 bits per heavy atom. The summed E-state index contributed by atoms with van der Waals surface area (Å²) in [5.41, 5.74) is -0.180. The molecule has 1 amide bonds. The molecular formula is C15H16F3N5O. The summed E-state index contributed by atoms with van der Waals surface area (Å²) in [4.78, 5) is 20.2. The van der Waals surface area contributed by atoms with Crippen LogP contribution in [-0.2, 0) is 6.18 Å². The van der Waals surface area contributed by atoms with Crippen LogP contribution in [0.25, 0.3) is 0 Å². The van der Waals surface area contributed by atoms with Gasteiger partial charge >= 0.3 is 6.18 Å². The molecule has 0 radical (unpaired) electrons. The van der Waals surface area contributed by atoms with E-state index in [0.29, 0.717) is 37.7 Å². The van der Waals surface area contributed by atoms with Crippen molar-refractivity contribution in [1.29, 1.82) is 0 Å². The van der Waals surface area contributed by atoms with Crippen LogP contribution in [0.5, 0.6) is 0 Å². The number of aromatic amines is 1. The molecule has 2 heterocycles. The summed E-state index contributed by atoms with van der Waals surface area (Å²) in [6.07, 6.45) is -3.06. The minimum Gasteiger partial charge on any atom is -0.338 e. The maximum Gasteiger partial charge on any atom is 0.416 e. The van der Waals surface area contributed by atoms with E-state index in [0.717, 1.165) is 12.1 Å². The van der Waals surface area contributed by atoms with Crippen molar-refractivity contribution < 1.29 is 18.0 Å². The minimum atomic E-state index is -4.46. The second-order valence-electron chi connectivity index (χ2n) is 5.62. The molecule has 3 rings (SSSR count). The molecule has 0 aliphatic carbocycles. The molecule has 6 nitrogen and oxygen atoms in total. The van der Waals surface area contributed by atoms with E-state index in [9.17, 15) is 18.0 Å². The molecule has 24 heavy (non-hydrogen) atoms. The van der Waals surface area contributed by atoms with Gasteiger partial charge in [-0.1, -0.05) is 6.07 Å². The van der Waals surface area contributed by atoms with Gasteiger partial charge in [0.1, 0.15) is 6.33 Å². The van der Waals surface area contributed by atoms with Crippen molar-refractivity contribution in [2.45, 2.75) is 13.1 Å². The fourth-order valence-electron chi connectivity index (χ4n) is 2.67. The maximum atomic E-state index is 12.9. The van der Waals surface area contributed by atoms with E-state index in [1.54, 1.807) is 11.8 Å². The molecule has 0 unspecified atom stereocenters. The van der Waals surface area contributed by atoms with Crippen LogP contribution in [0.3, 0.4) is 0 Å². The highest BCUT2D eigenvalue weighted by Crippen LogP contribution is 2.31. The molecule has 0 bridgehead atoms. The van der Waals surface area contributed by atoms with Crippen LogP contribution in [0, 0.1) is 6.92 Å². The molecule has 1 aromatic heterocycles. The number of aryl methyl sites for hydroxylation is 1. The number of halogens is 3. The fourth-order valence-corrected chi connectivity index (χ4v) is 2.67. The average molecular weight is 339 g/mol. The van der Waals surface area contributed by atoms with Gasteiger partial charge in [-0.15, -0.1) is 0 Å². The van der Waals surface area contributed by atoms with E-state index < -0.39 is 11.7 Å². The third-order valence-corrected chi connectivity index (χ3v) is 4.06. The van der Waals surface area contributed by atoms with Crippen LogP contribution in [0.4, 0.5) is 19.1 Å². The van der Waals surface area contributed by atoms with Gasteiger partial charge in [-0.3, -0.25) is 4.79 Å². The summed E-state index contributed by atoms with van der Waals surface area (Å²) < 4.78 is 38.6. The number of alkyl halides is 3. The van der Waals surface area contributed by atoms with Crippen LogP contribution in [-0.4, -0.2) is 52.2 Å². The average Bonchev–Trinajstić information content (AvgIpc) is 3.08. The quantitative estimate of drug-likeness (QED) is 0.910. The second kappa shape index (κ2) is 6.14. The molecule has 1 saturated heterocycles. The molecule has 0 spiro atoms. The lowest BCUT2D eigenvalue weighted by Gasteiger charge is -2.34. The van der Waals surface area contributed by atoms with Crippen molar-refractivity contribution in [2.24, 2.45) is 0 Å². The number of aromatic nitrogens is 3. The first-order valence-electron chi connectivity index (χ1n) is 7.43. The topological polar surface area (TPSA) is 65.1 Å². The first-order valence-corrected chi connectivity index (χ1v) is 7.43. The van der Waals surface area contributed by atoms with Gasteiger partial charge < -0.3 is 9.80 Å². The Kier molecular flexibility index (Phi) is 4.16. The molecule has 1 aromatic carbocycles. The SMILES string of the molecule is Cc1ccc(C(F)(F)F)cc1C(=O)N1CCN(c2ncn[nH]2)CC1. The number of nitrogens with one attached hydrogen (secondary N) is 1. The van der Waals surface area contributed by atoms with Crippen molar-refractivity contribution in [2.75, 3.05) is 31.1 Å². The Bertz CT molecular complexity index is 721. The predicted molar refractivity (Wildman–Crippen MR) is 80.7 cm³/mol. The van der Waals surface area contributed by atoms with E-state index in [1.165, 1.54) is 12.4 Å². The monoisotopic (exact) mass is 339 g/mol. The molecule has 1 fully saturated rings. The smallest absolute Gasteiger partial charge is 0.338 e. The normalized spacial score (nSPS) is 15.7. The fraction of sp³-hybridized carbons (Fsp3) is 0.400.